The zero-order valence-electron chi connectivity index (χ0n) is 11.9. The number of esters is 1. The molecule has 104 valence electrons. The van der Waals surface area contributed by atoms with Crippen LogP contribution < -0.4 is 10.5 Å². The fourth-order valence-corrected chi connectivity index (χ4v) is 2.32. The third-order valence-electron chi connectivity index (χ3n) is 3.43. The Kier molecular flexibility index (Phi) is 3.54. The fourth-order valence-electron chi connectivity index (χ4n) is 2.32. The van der Waals surface area contributed by atoms with Crippen LogP contribution in [0.15, 0.2) is 18.2 Å². The van der Waals surface area contributed by atoms with E-state index in [1.165, 1.54) is 0 Å². The second kappa shape index (κ2) is 4.85. The molecule has 0 saturated carbocycles. The molecule has 0 aromatic heterocycles. The van der Waals surface area contributed by atoms with Gasteiger partial charge in [0.05, 0.1) is 7.11 Å². The highest BCUT2D eigenvalue weighted by Crippen LogP contribution is 2.36. The molecule has 0 aliphatic carbocycles. The van der Waals surface area contributed by atoms with Gasteiger partial charge in [0.25, 0.3) is 0 Å². The average molecular weight is 263 g/mol. The van der Waals surface area contributed by atoms with Gasteiger partial charge in [0.15, 0.2) is 0 Å². The van der Waals surface area contributed by atoms with Crippen LogP contribution in [0, 0.1) is 0 Å². The summed E-state index contributed by atoms with van der Waals surface area (Å²) in [5.41, 5.74) is 7.73. The summed E-state index contributed by atoms with van der Waals surface area (Å²) in [6, 6.07) is 5.40. The SMILES string of the molecule is COc1ccc(C2CC(N)C(=O)O2)cc1C(C)(C)C. The lowest BCUT2D eigenvalue weighted by molar-refractivity contribution is -0.142. The van der Waals surface area contributed by atoms with Crippen LogP contribution >= 0.6 is 0 Å². The predicted molar refractivity (Wildman–Crippen MR) is 73.1 cm³/mol. The van der Waals surface area contributed by atoms with Crippen molar-refractivity contribution in [3.8, 4) is 5.75 Å². The average Bonchev–Trinajstić information content (AvgIpc) is 2.68. The topological polar surface area (TPSA) is 61.5 Å². The number of benzene rings is 1. The van der Waals surface area contributed by atoms with Gasteiger partial charge in [-0.05, 0) is 28.7 Å². The van der Waals surface area contributed by atoms with Gasteiger partial charge in [0.2, 0.25) is 0 Å². The van der Waals surface area contributed by atoms with Gasteiger partial charge in [0.1, 0.15) is 17.9 Å². The predicted octanol–water partition coefficient (Wildman–Crippen LogP) is 2.31. The quantitative estimate of drug-likeness (QED) is 0.832. The molecule has 2 N–H and O–H groups in total. The summed E-state index contributed by atoms with van der Waals surface area (Å²) in [5.74, 6) is 0.531. The van der Waals surface area contributed by atoms with E-state index in [0.29, 0.717) is 6.42 Å². The minimum Gasteiger partial charge on any atom is -0.496 e. The molecule has 1 aromatic rings. The van der Waals surface area contributed by atoms with E-state index in [1.54, 1.807) is 7.11 Å². The van der Waals surface area contributed by atoms with Gasteiger partial charge in [-0.1, -0.05) is 26.8 Å². The van der Waals surface area contributed by atoms with Gasteiger partial charge in [-0.3, -0.25) is 4.79 Å². The van der Waals surface area contributed by atoms with Crippen LogP contribution in [0.2, 0.25) is 0 Å². The lowest BCUT2D eigenvalue weighted by atomic mass is 9.84. The summed E-state index contributed by atoms with van der Waals surface area (Å²) < 4.78 is 10.7. The monoisotopic (exact) mass is 263 g/mol. The van der Waals surface area contributed by atoms with Crippen molar-refractivity contribution in [1.29, 1.82) is 0 Å². The Balaban J connectivity index is 2.36. The molecule has 0 amide bonds. The van der Waals surface area contributed by atoms with Crippen LogP contribution in [0.4, 0.5) is 0 Å². The summed E-state index contributed by atoms with van der Waals surface area (Å²) in [5, 5.41) is 0. The smallest absolute Gasteiger partial charge is 0.323 e. The first kappa shape index (κ1) is 13.9. The molecule has 0 bridgehead atoms. The number of carbonyl (C=O) groups is 1. The number of nitrogens with two attached hydrogens (primary N) is 1. The molecule has 0 spiro atoms. The Morgan fingerprint density at radius 3 is 2.53 bits per heavy atom. The lowest BCUT2D eigenvalue weighted by Crippen LogP contribution is -2.24. The maximum atomic E-state index is 11.4. The van der Waals surface area contributed by atoms with E-state index >= 15 is 0 Å². The van der Waals surface area contributed by atoms with Crippen LogP contribution in [0.1, 0.15) is 44.4 Å². The van der Waals surface area contributed by atoms with Crippen LogP contribution in [-0.2, 0) is 14.9 Å². The van der Waals surface area contributed by atoms with Crippen molar-refractivity contribution >= 4 is 5.97 Å². The first-order valence-electron chi connectivity index (χ1n) is 6.47. The first-order valence-corrected chi connectivity index (χ1v) is 6.47. The molecule has 1 saturated heterocycles. The number of ether oxygens (including phenoxy) is 2. The van der Waals surface area contributed by atoms with Crippen molar-refractivity contribution in [2.75, 3.05) is 7.11 Å². The summed E-state index contributed by atoms with van der Waals surface area (Å²) in [6.07, 6.45) is 0.295. The standard InChI is InChI=1S/C15H21NO3/c1-15(2,3)10-7-9(5-6-12(10)18-4)13-8-11(16)14(17)19-13/h5-7,11,13H,8,16H2,1-4H3. The van der Waals surface area contributed by atoms with Crippen molar-refractivity contribution < 1.29 is 14.3 Å². The third-order valence-corrected chi connectivity index (χ3v) is 3.43. The molecule has 4 nitrogen and oxygen atoms in total. The number of hydrogen-bond acceptors (Lipinski definition) is 4. The number of cyclic esters (lactones) is 1. The molecule has 1 heterocycles. The molecule has 1 aliphatic heterocycles. The number of carbonyl (C=O) groups excluding carboxylic acids is 1. The molecular formula is C15H21NO3. The minimum atomic E-state index is -0.509. The first-order chi connectivity index (χ1) is 8.82. The summed E-state index contributed by atoms with van der Waals surface area (Å²) in [4.78, 5) is 11.4. The van der Waals surface area contributed by atoms with Crippen molar-refractivity contribution in [2.24, 2.45) is 5.73 Å². The second-order valence-corrected chi connectivity index (χ2v) is 5.98. The highest BCUT2D eigenvalue weighted by Gasteiger charge is 2.33. The van der Waals surface area contributed by atoms with Gasteiger partial charge >= 0.3 is 5.97 Å². The normalized spacial score (nSPS) is 23.3. The maximum Gasteiger partial charge on any atom is 0.323 e. The number of hydrogen-bond donors (Lipinski definition) is 1. The van der Waals surface area contributed by atoms with Gasteiger partial charge < -0.3 is 15.2 Å². The Hall–Kier alpha value is -1.55. The van der Waals surface area contributed by atoms with Crippen molar-refractivity contribution in [3.05, 3.63) is 29.3 Å². The number of rotatable bonds is 2. The molecule has 19 heavy (non-hydrogen) atoms. The van der Waals surface area contributed by atoms with Crippen LogP contribution in [0.5, 0.6) is 5.75 Å². The fraction of sp³-hybridized carbons (Fsp3) is 0.533. The molecular weight excluding hydrogens is 242 g/mol. The highest BCUT2D eigenvalue weighted by atomic mass is 16.6. The molecule has 4 heteroatoms. The van der Waals surface area contributed by atoms with Gasteiger partial charge in [-0.15, -0.1) is 0 Å². The van der Waals surface area contributed by atoms with Gasteiger partial charge in [-0.25, -0.2) is 0 Å². The summed E-state index contributed by atoms with van der Waals surface area (Å²) >= 11 is 0. The van der Waals surface area contributed by atoms with Crippen molar-refractivity contribution in [2.45, 2.75) is 44.8 Å². The van der Waals surface area contributed by atoms with E-state index in [-0.39, 0.29) is 17.5 Å². The van der Waals surface area contributed by atoms with E-state index in [9.17, 15) is 4.79 Å². The summed E-state index contributed by atoms with van der Waals surface area (Å²) in [6.45, 7) is 6.38. The van der Waals surface area contributed by atoms with Crippen LogP contribution in [-0.4, -0.2) is 19.1 Å². The Morgan fingerprint density at radius 2 is 2.05 bits per heavy atom. The van der Waals surface area contributed by atoms with Crippen LogP contribution in [0.25, 0.3) is 0 Å². The zero-order valence-corrected chi connectivity index (χ0v) is 11.9. The molecule has 0 radical (unpaired) electrons. The van der Waals surface area contributed by atoms with Crippen LogP contribution in [0.3, 0.4) is 0 Å². The second-order valence-electron chi connectivity index (χ2n) is 5.98. The van der Waals surface area contributed by atoms with Gasteiger partial charge in [-0.2, -0.15) is 0 Å². The Labute approximate surface area is 113 Å². The van der Waals surface area contributed by atoms with E-state index in [2.05, 4.69) is 26.8 Å². The maximum absolute atomic E-state index is 11.4. The lowest BCUT2D eigenvalue weighted by Gasteiger charge is -2.23. The molecule has 2 rings (SSSR count). The van der Waals surface area contributed by atoms with E-state index in [1.807, 2.05) is 12.1 Å². The molecule has 2 unspecified atom stereocenters. The van der Waals surface area contributed by atoms with Crippen molar-refractivity contribution in [1.82, 2.24) is 0 Å². The zero-order chi connectivity index (χ0) is 14.2. The molecule has 1 aromatic carbocycles. The Morgan fingerprint density at radius 1 is 1.37 bits per heavy atom. The van der Waals surface area contributed by atoms with Crippen molar-refractivity contribution in [3.63, 3.8) is 0 Å². The molecule has 1 fully saturated rings. The van der Waals surface area contributed by atoms with E-state index < -0.39 is 6.04 Å². The molecule has 1 aliphatic rings. The van der Waals surface area contributed by atoms with E-state index in [0.717, 1.165) is 16.9 Å². The minimum absolute atomic E-state index is 0.0356. The Bertz CT molecular complexity index is 491. The van der Waals surface area contributed by atoms with Gasteiger partial charge in [0, 0.05) is 6.42 Å². The largest absolute Gasteiger partial charge is 0.496 e. The highest BCUT2D eigenvalue weighted by molar-refractivity contribution is 5.77. The molecule has 2 atom stereocenters. The summed E-state index contributed by atoms with van der Waals surface area (Å²) in [7, 11) is 1.66. The van der Waals surface area contributed by atoms with E-state index in [4.69, 9.17) is 15.2 Å². The third kappa shape index (κ3) is 2.73. The number of methoxy groups -OCH3 is 1.